The summed E-state index contributed by atoms with van der Waals surface area (Å²) >= 11 is 5.42. The number of nitrogens with zero attached hydrogens (tertiary/aromatic N) is 2. The number of hydrogen-bond acceptors (Lipinski definition) is 3. The van der Waals surface area contributed by atoms with Crippen LogP contribution in [-0.4, -0.2) is 21.5 Å². The Balaban J connectivity index is 1.68. The lowest BCUT2D eigenvalue weighted by atomic mass is 10.0. The first kappa shape index (κ1) is 23.5. The van der Waals surface area contributed by atoms with Gasteiger partial charge in [-0.25, -0.2) is 0 Å². The van der Waals surface area contributed by atoms with Crippen LogP contribution in [0.1, 0.15) is 23.7 Å². The molecule has 2 amide bonds. The smallest absolute Gasteiger partial charge is 0.270 e. The number of benzene rings is 3. The van der Waals surface area contributed by atoms with Crippen molar-refractivity contribution in [2.45, 2.75) is 20.3 Å². The van der Waals surface area contributed by atoms with E-state index in [-0.39, 0.29) is 10.7 Å². The molecular weight excluding hydrogens is 466 g/mol. The summed E-state index contributed by atoms with van der Waals surface area (Å²) in [5, 5.41) is 2.80. The van der Waals surface area contributed by atoms with Crippen molar-refractivity contribution in [1.82, 2.24) is 9.88 Å². The largest absolute Gasteiger partial charge is 0.313 e. The van der Waals surface area contributed by atoms with E-state index in [2.05, 4.69) is 9.88 Å². The minimum absolute atomic E-state index is 0.0388. The van der Waals surface area contributed by atoms with Crippen LogP contribution in [0.3, 0.4) is 0 Å². The second-order valence-corrected chi connectivity index (χ2v) is 8.95. The number of carbonyl (C=O) groups is 2. The average molecular weight is 492 g/mol. The lowest BCUT2D eigenvalue weighted by Crippen LogP contribution is -2.54. The van der Waals surface area contributed by atoms with Gasteiger partial charge in [-0.05, 0) is 67.0 Å². The highest BCUT2D eigenvalue weighted by atomic mass is 32.1. The van der Waals surface area contributed by atoms with E-state index in [1.54, 1.807) is 6.08 Å². The third-order valence-electron chi connectivity index (χ3n) is 6.29. The van der Waals surface area contributed by atoms with E-state index < -0.39 is 11.8 Å². The second-order valence-electron chi connectivity index (χ2n) is 8.57. The van der Waals surface area contributed by atoms with Gasteiger partial charge in [0.25, 0.3) is 11.8 Å². The maximum absolute atomic E-state index is 13.7. The second kappa shape index (κ2) is 9.76. The molecule has 0 aliphatic carbocycles. The summed E-state index contributed by atoms with van der Waals surface area (Å²) in [5.41, 5.74) is 6.34. The monoisotopic (exact) mass is 491 g/mol. The van der Waals surface area contributed by atoms with E-state index in [0.717, 1.165) is 40.2 Å². The number of aromatic nitrogens is 1. The van der Waals surface area contributed by atoms with E-state index in [0.29, 0.717) is 5.69 Å². The van der Waals surface area contributed by atoms with Gasteiger partial charge < -0.3 is 4.57 Å². The molecular formula is C30H25N3O2S. The molecule has 1 aromatic heterocycles. The van der Waals surface area contributed by atoms with Gasteiger partial charge in [0.15, 0.2) is 5.11 Å². The topological polar surface area (TPSA) is 54.3 Å². The fourth-order valence-corrected chi connectivity index (χ4v) is 4.91. The fraction of sp³-hybridized carbons (Fsp3) is 0.100. The van der Waals surface area contributed by atoms with E-state index in [1.807, 2.05) is 105 Å². The van der Waals surface area contributed by atoms with Crippen LogP contribution in [0.4, 0.5) is 5.69 Å². The number of carbonyl (C=O) groups excluding carboxylic acids is 2. The van der Waals surface area contributed by atoms with Crippen LogP contribution in [0.5, 0.6) is 0 Å². The lowest BCUT2D eigenvalue weighted by Gasteiger charge is -2.30. The molecule has 0 radical (unpaired) electrons. The van der Waals surface area contributed by atoms with E-state index >= 15 is 0 Å². The van der Waals surface area contributed by atoms with Gasteiger partial charge in [0, 0.05) is 16.9 Å². The van der Waals surface area contributed by atoms with Crippen molar-refractivity contribution in [3.05, 3.63) is 113 Å². The number of nitrogens with one attached hydrogen (secondary N) is 1. The van der Waals surface area contributed by atoms with Crippen molar-refractivity contribution in [3.63, 3.8) is 0 Å². The zero-order chi connectivity index (χ0) is 25.2. The molecule has 6 heteroatoms. The molecule has 1 fully saturated rings. The van der Waals surface area contributed by atoms with Gasteiger partial charge in [-0.2, -0.15) is 0 Å². The highest BCUT2D eigenvalue weighted by Crippen LogP contribution is 2.33. The number of aryl methyl sites for hydroxylation is 2. The third-order valence-corrected chi connectivity index (χ3v) is 6.58. The molecule has 36 heavy (non-hydrogen) atoms. The zero-order valence-electron chi connectivity index (χ0n) is 20.1. The molecule has 1 aliphatic rings. The van der Waals surface area contributed by atoms with Gasteiger partial charge in [-0.15, -0.1) is 0 Å². The Kier molecular flexibility index (Phi) is 6.36. The Morgan fingerprint density at radius 1 is 0.889 bits per heavy atom. The molecule has 5 nitrogen and oxygen atoms in total. The van der Waals surface area contributed by atoms with Gasteiger partial charge in [-0.1, -0.05) is 73.7 Å². The predicted octanol–water partition coefficient (Wildman–Crippen LogP) is 5.85. The molecule has 1 N–H and O–H groups in total. The number of rotatable bonds is 5. The van der Waals surface area contributed by atoms with Gasteiger partial charge in [-0.3, -0.25) is 19.8 Å². The molecule has 1 saturated heterocycles. The minimum Gasteiger partial charge on any atom is -0.313 e. The van der Waals surface area contributed by atoms with E-state index in [4.69, 9.17) is 12.2 Å². The standard InChI is InChI=1S/C30H25N3O2S/c1-3-21-12-10-11-17-26(21)33-29(35)25(28(34)31-30(33)36)19-23-18-20(2)32(24-15-8-5-9-16-24)27(23)22-13-6-4-7-14-22/h4-19H,3H2,1-2H3,(H,31,34,36). The van der Waals surface area contributed by atoms with E-state index in [9.17, 15) is 9.59 Å². The molecule has 3 aromatic carbocycles. The molecule has 1 aliphatic heterocycles. The molecule has 0 bridgehead atoms. The summed E-state index contributed by atoms with van der Waals surface area (Å²) in [7, 11) is 0. The number of para-hydroxylation sites is 2. The van der Waals surface area contributed by atoms with Crippen LogP contribution < -0.4 is 10.2 Å². The maximum atomic E-state index is 13.7. The Labute approximate surface area is 215 Å². The van der Waals surface area contributed by atoms with Crippen LogP contribution in [0.25, 0.3) is 23.0 Å². The molecule has 0 saturated carbocycles. The highest BCUT2D eigenvalue weighted by molar-refractivity contribution is 7.80. The zero-order valence-corrected chi connectivity index (χ0v) is 20.9. The van der Waals surface area contributed by atoms with E-state index in [1.165, 1.54) is 4.90 Å². The van der Waals surface area contributed by atoms with Crippen molar-refractivity contribution in [2.24, 2.45) is 0 Å². The van der Waals surface area contributed by atoms with Crippen molar-refractivity contribution in [1.29, 1.82) is 0 Å². The van der Waals surface area contributed by atoms with Gasteiger partial charge >= 0.3 is 0 Å². The molecule has 0 atom stereocenters. The van der Waals surface area contributed by atoms with Crippen molar-refractivity contribution in [3.8, 4) is 16.9 Å². The SMILES string of the molecule is CCc1ccccc1N1C(=O)C(=Cc2cc(C)n(-c3ccccc3)c2-c2ccccc2)C(=O)NC1=S. The summed E-state index contributed by atoms with van der Waals surface area (Å²) in [6.45, 7) is 4.04. The summed E-state index contributed by atoms with van der Waals surface area (Å²) < 4.78 is 2.14. The molecule has 178 valence electrons. The number of amides is 2. The Hall–Kier alpha value is -4.29. The Bertz CT molecular complexity index is 1500. The third kappa shape index (κ3) is 4.16. The van der Waals surface area contributed by atoms with Crippen LogP contribution in [0, 0.1) is 6.92 Å². The fourth-order valence-electron chi connectivity index (χ4n) is 4.63. The van der Waals surface area contributed by atoms with Crippen molar-refractivity contribution >= 4 is 40.9 Å². The van der Waals surface area contributed by atoms with Crippen molar-refractivity contribution in [2.75, 3.05) is 4.90 Å². The lowest BCUT2D eigenvalue weighted by molar-refractivity contribution is -0.122. The maximum Gasteiger partial charge on any atom is 0.270 e. The highest BCUT2D eigenvalue weighted by Gasteiger charge is 2.35. The summed E-state index contributed by atoms with van der Waals surface area (Å²) in [6.07, 6.45) is 2.41. The van der Waals surface area contributed by atoms with Crippen LogP contribution in [-0.2, 0) is 16.0 Å². The van der Waals surface area contributed by atoms with Crippen LogP contribution in [0.2, 0.25) is 0 Å². The first-order chi connectivity index (χ1) is 17.5. The first-order valence-electron chi connectivity index (χ1n) is 11.8. The van der Waals surface area contributed by atoms with Crippen LogP contribution >= 0.6 is 12.2 Å². The quantitative estimate of drug-likeness (QED) is 0.217. The van der Waals surface area contributed by atoms with Crippen LogP contribution in [0.15, 0.2) is 96.6 Å². The number of thiocarbonyl (C=S) groups is 1. The minimum atomic E-state index is -0.501. The van der Waals surface area contributed by atoms with Crippen molar-refractivity contribution < 1.29 is 9.59 Å². The van der Waals surface area contributed by atoms with Gasteiger partial charge in [0.2, 0.25) is 0 Å². The first-order valence-corrected chi connectivity index (χ1v) is 12.2. The Morgan fingerprint density at radius 2 is 1.53 bits per heavy atom. The average Bonchev–Trinajstić information content (AvgIpc) is 3.23. The predicted molar refractivity (Wildman–Crippen MR) is 148 cm³/mol. The van der Waals surface area contributed by atoms with Gasteiger partial charge in [0.05, 0.1) is 11.4 Å². The Morgan fingerprint density at radius 3 is 2.22 bits per heavy atom. The molecule has 5 rings (SSSR count). The summed E-state index contributed by atoms with van der Waals surface area (Å²) in [4.78, 5) is 28.2. The molecule has 0 spiro atoms. The molecule has 2 heterocycles. The molecule has 0 unspecified atom stereocenters. The number of hydrogen-bond donors (Lipinski definition) is 1. The van der Waals surface area contributed by atoms with Gasteiger partial charge in [0.1, 0.15) is 5.57 Å². The summed E-state index contributed by atoms with van der Waals surface area (Å²) in [6, 6.07) is 29.6. The molecule has 4 aromatic rings. The normalized spacial score (nSPS) is 14.9. The number of anilines is 1. The summed E-state index contributed by atoms with van der Waals surface area (Å²) in [5.74, 6) is -0.937.